The third-order valence-corrected chi connectivity index (χ3v) is 4.25. The quantitative estimate of drug-likeness (QED) is 0.532. The van der Waals surface area contributed by atoms with Crippen LogP contribution in [0.25, 0.3) is 0 Å². The lowest BCUT2D eigenvalue weighted by molar-refractivity contribution is 0.0963. The van der Waals surface area contributed by atoms with Crippen molar-refractivity contribution in [2.24, 2.45) is 10.9 Å². The Morgan fingerprint density at radius 3 is 2.91 bits per heavy atom. The number of guanidine groups is 1. The van der Waals surface area contributed by atoms with Gasteiger partial charge >= 0.3 is 0 Å². The van der Waals surface area contributed by atoms with Crippen molar-refractivity contribution in [2.75, 3.05) is 20.6 Å². The van der Waals surface area contributed by atoms with Gasteiger partial charge in [-0.3, -0.25) is 9.79 Å². The Balaban J connectivity index is 1.76. The minimum Gasteiger partial charge on any atom is -0.356 e. The van der Waals surface area contributed by atoms with E-state index in [0.717, 1.165) is 30.4 Å². The summed E-state index contributed by atoms with van der Waals surface area (Å²) in [6.07, 6.45) is 4.65. The van der Waals surface area contributed by atoms with Gasteiger partial charge in [0.25, 0.3) is 5.91 Å². The number of hydrogen-bond donors (Lipinski definition) is 3. The van der Waals surface area contributed by atoms with Crippen molar-refractivity contribution in [3.63, 3.8) is 0 Å². The zero-order valence-electron chi connectivity index (χ0n) is 14.4. The first kappa shape index (κ1) is 17.3. The Hall–Kier alpha value is -2.04. The lowest BCUT2D eigenvalue weighted by Crippen LogP contribution is -2.40. The van der Waals surface area contributed by atoms with Crippen molar-refractivity contribution in [1.29, 1.82) is 0 Å². The highest BCUT2D eigenvalue weighted by Gasteiger charge is 2.36. The smallest absolute Gasteiger partial charge is 0.251 e. The van der Waals surface area contributed by atoms with Crippen LogP contribution in [0.5, 0.6) is 0 Å². The van der Waals surface area contributed by atoms with Crippen molar-refractivity contribution in [1.82, 2.24) is 16.0 Å². The van der Waals surface area contributed by atoms with Crippen LogP contribution < -0.4 is 16.0 Å². The Labute approximate surface area is 139 Å². The molecule has 126 valence electrons. The molecule has 3 N–H and O–H groups in total. The van der Waals surface area contributed by atoms with E-state index in [1.54, 1.807) is 14.1 Å². The zero-order chi connectivity index (χ0) is 16.7. The van der Waals surface area contributed by atoms with E-state index < -0.39 is 0 Å². The SMILES string of the molecule is CCCC1CC1NC(=NC)NCCc1cccc(C(=O)NC)c1. The lowest BCUT2D eigenvalue weighted by Gasteiger charge is -2.12. The van der Waals surface area contributed by atoms with E-state index in [1.165, 1.54) is 19.3 Å². The number of nitrogens with one attached hydrogen (secondary N) is 3. The maximum atomic E-state index is 11.7. The fourth-order valence-electron chi connectivity index (χ4n) is 2.82. The Kier molecular flexibility index (Phi) is 6.44. The van der Waals surface area contributed by atoms with Gasteiger partial charge in [-0.05, 0) is 42.9 Å². The summed E-state index contributed by atoms with van der Waals surface area (Å²) in [5.41, 5.74) is 1.84. The highest BCUT2D eigenvalue weighted by molar-refractivity contribution is 5.94. The predicted octanol–water partition coefficient (Wildman–Crippen LogP) is 1.94. The number of benzene rings is 1. The molecule has 0 aliphatic heterocycles. The van der Waals surface area contributed by atoms with Gasteiger partial charge in [0.05, 0.1) is 0 Å². The van der Waals surface area contributed by atoms with Crippen LogP contribution in [0.4, 0.5) is 0 Å². The van der Waals surface area contributed by atoms with Gasteiger partial charge in [-0.25, -0.2) is 0 Å². The third kappa shape index (κ3) is 5.27. The molecule has 2 atom stereocenters. The normalized spacial score (nSPS) is 20.0. The van der Waals surface area contributed by atoms with Gasteiger partial charge in [-0.15, -0.1) is 0 Å². The van der Waals surface area contributed by atoms with Crippen LogP contribution in [0.1, 0.15) is 42.1 Å². The Morgan fingerprint density at radius 1 is 1.39 bits per heavy atom. The highest BCUT2D eigenvalue weighted by Crippen LogP contribution is 2.34. The number of hydrogen-bond acceptors (Lipinski definition) is 2. The van der Waals surface area contributed by atoms with Crippen molar-refractivity contribution in [3.8, 4) is 0 Å². The zero-order valence-corrected chi connectivity index (χ0v) is 14.4. The third-order valence-electron chi connectivity index (χ3n) is 4.25. The van der Waals surface area contributed by atoms with E-state index in [9.17, 15) is 4.79 Å². The van der Waals surface area contributed by atoms with Crippen LogP contribution in [0.15, 0.2) is 29.3 Å². The summed E-state index contributed by atoms with van der Waals surface area (Å²) in [7, 11) is 3.45. The van der Waals surface area contributed by atoms with Crippen LogP contribution in [0, 0.1) is 5.92 Å². The molecule has 0 aromatic heterocycles. The van der Waals surface area contributed by atoms with Crippen LogP contribution >= 0.6 is 0 Å². The minimum absolute atomic E-state index is 0.0482. The van der Waals surface area contributed by atoms with Crippen LogP contribution in [0.2, 0.25) is 0 Å². The molecule has 1 aliphatic carbocycles. The summed E-state index contributed by atoms with van der Waals surface area (Å²) < 4.78 is 0. The fourth-order valence-corrected chi connectivity index (χ4v) is 2.82. The molecule has 1 aromatic rings. The average molecular weight is 316 g/mol. The van der Waals surface area contributed by atoms with Crippen molar-refractivity contribution < 1.29 is 4.79 Å². The maximum absolute atomic E-state index is 11.7. The van der Waals surface area contributed by atoms with Crippen molar-refractivity contribution in [2.45, 2.75) is 38.6 Å². The maximum Gasteiger partial charge on any atom is 0.251 e. The molecule has 1 fully saturated rings. The first-order valence-electron chi connectivity index (χ1n) is 8.46. The topological polar surface area (TPSA) is 65.5 Å². The molecular formula is C18H28N4O. The molecule has 23 heavy (non-hydrogen) atoms. The van der Waals surface area contributed by atoms with Crippen molar-refractivity contribution in [3.05, 3.63) is 35.4 Å². The highest BCUT2D eigenvalue weighted by atomic mass is 16.1. The van der Waals surface area contributed by atoms with Gasteiger partial charge in [-0.2, -0.15) is 0 Å². The first-order valence-corrected chi connectivity index (χ1v) is 8.46. The number of amides is 1. The van der Waals surface area contributed by atoms with Gasteiger partial charge in [0.1, 0.15) is 0 Å². The second-order valence-electron chi connectivity index (χ2n) is 6.06. The number of rotatable bonds is 7. The van der Waals surface area contributed by atoms with Crippen LogP contribution in [-0.2, 0) is 6.42 Å². The van der Waals surface area contributed by atoms with E-state index in [-0.39, 0.29) is 5.91 Å². The molecule has 0 bridgehead atoms. The first-order chi connectivity index (χ1) is 11.2. The van der Waals surface area contributed by atoms with Crippen LogP contribution in [0.3, 0.4) is 0 Å². The number of carbonyl (C=O) groups excluding carboxylic acids is 1. The Morgan fingerprint density at radius 2 is 2.22 bits per heavy atom. The Bertz CT molecular complexity index is 556. The molecule has 5 heteroatoms. The molecule has 0 heterocycles. The van der Waals surface area contributed by atoms with Gasteiger partial charge in [0.15, 0.2) is 5.96 Å². The molecule has 0 radical (unpaired) electrons. The molecule has 2 rings (SSSR count). The molecule has 1 amide bonds. The van der Waals surface area contributed by atoms with Gasteiger partial charge in [0.2, 0.25) is 0 Å². The molecule has 0 saturated heterocycles. The predicted molar refractivity (Wildman–Crippen MR) is 94.8 cm³/mol. The number of nitrogens with zero attached hydrogens (tertiary/aromatic N) is 1. The second kappa shape index (κ2) is 8.56. The van der Waals surface area contributed by atoms with Gasteiger partial charge in [-0.1, -0.05) is 25.5 Å². The summed E-state index contributed by atoms with van der Waals surface area (Å²) in [4.78, 5) is 15.9. The second-order valence-corrected chi connectivity index (χ2v) is 6.06. The molecule has 1 aliphatic rings. The molecule has 2 unspecified atom stereocenters. The molecule has 1 aromatic carbocycles. The van der Waals surface area contributed by atoms with E-state index in [4.69, 9.17) is 0 Å². The standard InChI is InChI=1S/C18H28N4O/c1-4-6-14-12-16(14)22-18(20-3)21-10-9-13-7-5-8-15(11-13)17(23)19-2/h5,7-8,11,14,16H,4,6,9-10,12H2,1-3H3,(H,19,23)(H2,20,21,22). The summed E-state index contributed by atoms with van der Waals surface area (Å²) in [6.45, 7) is 3.03. The minimum atomic E-state index is -0.0482. The summed E-state index contributed by atoms with van der Waals surface area (Å²) in [5.74, 6) is 1.63. The fraction of sp³-hybridized carbons (Fsp3) is 0.556. The summed E-state index contributed by atoms with van der Waals surface area (Å²) in [6, 6.07) is 8.32. The number of carbonyl (C=O) groups is 1. The lowest BCUT2D eigenvalue weighted by atomic mass is 10.1. The molecule has 0 spiro atoms. The van der Waals surface area contributed by atoms with Crippen molar-refractivity contribution >= 4 is 11.9 Å². The van der Waals surface area contributed by atoms with E-state index in [1.807, 2.05) is 24.3 Å². The van der Waals surface area contributed by atoms with E-state index in [2.05, 4.69) is 27.9 Å². The van der Waals surface area contributed by atoms with Crippen LogP contribution in [-0.4, -0.2) is 38.5 Å². The molecular weight excluding hydrogens is 288 g/mol. The van der Waals surface area contributed by atoms with Gasteiger partial charge in [0, 0.05) is 32.2 Å². The van der Waals surface area contributed by atoms with E-state index >= 15 is 0 Å². The summed E-state index contributed by atoms with van der Waals surface area (Å²) in [5, 5.41) is 9.48. The van der Waals surface area contributed by atoms with Gasteiger partial charge < -0.3 is 16.0 Å². The summed E-state index contributed by atoms with van der Waals surface area (Å²) >= 11 is 0. The largest absolute Gasteiger partial charge is 0.356 e. The molecule has 5 nitrogen and oxygen atoms in total. The molecule has 1 saturated carbocycles. The van der Waals surface area contributed by atoms with E-state index in [0.29, 0.717) is 11.6 Å². The monoisotopic (exact) mass is 316 g/mol. The average Bonchev–Trinajstić information content (AvgIpc) is 3.31. The number of aliphatic imine (C=N–C) groups is 1.